The van der Waals surface area contributed by atoms with Crippen LogP contribution in [0.2, 0.25) is 0 Å². The average Bonchev–Trinajstić information content (AvgIpc) is 2.70. The summed E-state index contributed by atoms with van der Waals surface area (Å²) in [5.74, 6) is 1.01. The van der Waals surface area contributed by atoms with E-state index in [2.05, 4.69) is 49.6 Å². The lowest BCUT2D eigenvalue weighted by molar-refractivity contribution is 0.205. The molecular weight excluding hydrogens is 312 g/mol. The van der Waals surface area contributed by atoms with Gasteiger partial charge in [0.15, 0.2) is 0 Å². The maximum atomic E-state index is 4.48. The molecule has 0 N–H and O–H groups in total. The molecule has 6 nitrogen and oxygen atoms in total. The molecule has 1 fully saturated rings. The number of piperazine rings is 1. The van der Waals surface area contributed by atoms with Crippen LogP contribution < -0.4 is 4.90 Å². The summed E-state index contributed by atoms with van der Waals surface area (Å²) >= 11 is 0. The molecule has 0 aliphatic carbocycles. The van der Waals surface area contributed by atoms with Crippen molar-refractivity contribution < 1.29 is 0 Å². The normalized spacial score (nSPS) is 15.7. The van der Waals surface area contributed by atoms with Gasteiger partial charge in [-0.1, -0.05) is 13.8 Å². The third kappa shape index (κ3) is 4.74. The minimum atomic E-state index is 0.932. The number of likely N-dealkylation sites (N-methyl/N-ethyl adjacent to an activating group) is 1. The number of hydrogen-bond donors (Lipinski definition) is 0. The van der Waals surface area contributed by atoms with Crippen LogP contribution in [0.3, 0.4) is 0 Å². The van der Waals surface area contributed by atoms with Crippen LogP contribution in [0.1, 0.15) is 13.8 Å². The topological polar surface area (TPSA) is 48.4 Å². The van der Waals surface area contributed by atoms with Crippen molar-refractivity contribution in [3.63, 3.8) is 0 Å². The van der Waals surface area contributed by atoms with Gasteiger partial charge in [0.05, 0.1) is 5.69 Å². The number of aromatic nitrogens is 3. The summed E-state index contributed by atoms with van der Waals surface area (Å²) in [4.78, 5) is 20.4. The Morgan fingerprint density at radius 3 is 2.56 bits per heavy atom. The molecule has 2 aromatic heterocycles. The molecule has 0 unspecified atom stereocenters. The predicted molar refractivity (Wildman–Crippen MR) is 102 cm³/mol. The van der Waals surface area contributed by atoms with E-state index < -0.39 is 0 Å². The molecule has 1 aliphatic heterocycles. The van der Waals surface area contributed by atoms with Gasteiger partial charge in [-0.15, -0.1) is 0 Å². The molecule has 0 spiro atoms. The molecule has 3 rings (SSSR count). The molecule has 0 radical (unpaired) electrons. The zero-order chi connectivity index (χ0) is 17.5. The van der Waals surface area contributed by atoms with Gasteiger partial charge in [0, 0.05) is 63.3 Å². The fourth-order valence-corrected chi connectivity index (χ4v) is 3.22. The number of nitrogens with zero attached hydrogens (tertiary/aromatic N) is 6. The first-order valence-electron chi connectivity index (χ1n) is 9.22. The second kappa shape index (κ2) is 8.87. The van der Waals surface area contributed by atoms with Gasteiger partial charge in [0.25, 0.3) is 0 Å². The first kappa shape index (κ1) is 17.8. The van der Waals surface area contributed by atoms with Crippen LogP contribution in [0.25, 0.3) is 11.3 Å². The predicted octanol–water partition coefficient (Wildman–Crippen LogP) is 2.00. The Labute approximate surface area is 150 Å². The van der Waals surface area contributed by atoms with Crippen LogP contribution in [0.15, 0.2) is 36.9 Å². The summed E-state index contributed by atoms with van der Waals surface area (Å²) in [7, 11) is 0. The largest absolute Gasteiger partial charge is 0.354 e. The minimum Gasteiger partial charge on any atom is -0.354 e. The first-order chi connectivity index (χ1) is 12.3. The molecule has 0 atom stereocenters. The maximum absolute atomic E-state index is 4.48. The molecule has 134 valence electrons. The highest BCUT2D eigenvalue weighted by Crippen LogP contribution is 2.20. The standard InChI is InChI=1S/C19H28N6/c1-3-23(4-2)8-9-24-10-12-25(13-11-24)19-14-18(21-16-22-19)17-6-5-7-20-15-17/h5-7,14-16H,3-4,8-13H2,1-2H3. The molecule has 1 saturated heterocycles. The van der Waals surface area contributed by atoms with Crippen molar-refractivity contribution in [2.24, 2.45) is 0 Å². The Bertz CT molecular complexity index is 635. The zero-order valence-electron chi connectivity index (χ0n) is 15.3. The molecule has 0 aromatic carbocycles. The van der Waals surface area contributed by atoms with Crippen LogP contribution in [-0.4, -0.2) is 77.1 Å². The monoisotopic (exact) mass is 340 g/mol. The summed E-state index contributed by atoms with van der Waals surface area (Å²) in [6.07, 6.45) is 5.28. The van der Waals surface area contributed by atoms with E-state index in [1.165, 1.54) is 0 Å². The zero-order valence-corrected chi connectivity index (χ0v) is 15.3. The SMILES string of the molecule is CCN(CC)CCN1CCN(c2cc(-c3cccnc3)ncn2)CC1. The highest BCUT2D eigenvalue weighted by molar-refractivity contribution is 5.61. The van der Waals surface area contributed by atoms with Crippen molar-refractivity contribution >= 4 is 5.82 Å². The van der Waals surface area contributed by atoms with E-state index in [1.54, 1.807) is 12.5 Å². The minimum absolute atomic E-state index is 0.932. The molecule has 0 saturated carbocycles. The third-order valence-electron chi connectivity index (χ3n) is 4.93. The number of rotatable bonds is 7. The van der Waals surface area contributed by atoms with Crippen LogP contribution in [0.5, 0.6) is 0 Å². The molecule has 1 aliphatic rings. The lowest BCUT2D eigenvalue weighted by Crippen LogP contribution is -2.48. The van der Waals surface area contributed by atoms with E-state index in [-0.39, 0.29) is 0 Å². The molecule has 2 aromatic rings. The van der Waals surface area contributed by atoms with Gasteiger partial charge in [0.2, 0.25) is 0 Å². The van der Waals surface area contributed by atoms with Crippen molar-refractivity contribution in [3.8, 4) is 11.3 Å². The van der Waals surface area contributed by atoms with Crippen LogP contribution in [0, 0.1) is 0 Å². The van der Waals surface area contributed by atoms with Crippen molar-refractivity contribution in [3.05, 3.63) is 36.9 Å². The van der Waals surface area contributed by atoms with E-state index in [0.29, 0.717) is 0 Å². The van der Waals surface area contributed by atoms with Crippen molar-refractivity contribution in [2.75, 3.05) is 57.3 Å². The lowest BCUT2D eigenvalue weighted by Gasteiger charge is -2.36. The van der Waals surface area contributed by atoms with Gasteiger partial charge in [0.1, 0.15) is 12.1 Å². The van der Waals surface area contributed by atoms with Gasteiger partial charge >= 0.3 is 0 Å². The summed E-state index contributed by atoms with van der Waals surface area (Å²) in [5, 5.41) is 0. The molecule has 0 bridgehead atoms. The Morgan fingerprint density at radius 2 is 1.88 bits per heavy atom. The van der Waals surface area contributed by atoms with Gasteiger partial charge in [-0.05, 0) is 25.2 Å². The van der Waals surface area contributed by atoms with Crippen LogP contribution in [-0.2, 0) is 0 Å². The quantitative estimate of drug-likeness (QED) is 0.768. The Morgan fingerprint density at radius 1 is 1.08 bits per heavy atom. The molecule has 6 heteroatoms. The first-order valence-corrected chi connectivity index (χ1v) is 9.22. The maximum Gasteiger partial charge on any atom is 0.132 e. The number of pyridine rings is 1. The fraction of sp³-hybridized carbons (Fsp3) is 0.526. The Kier molecular flexibility index (Phi) is 6.30. The molecule has 0 amide bonds. The lowest BCUT2D eigenvalue weighted by atomic mass is 10.2. The van der Waals surface area contributed by atoms with Crippen molar-refractivity contribution in [1.82, 2.24) is 24.8 Å². The van der Waals surface area contributed by atoms with E-state index in [0.717, 1.165) is 69.4 Å². The van der Waals surface area contributed by atoms with Crippen molar-refractivity contribution in [2.45, 2.75) is 13.8 Å². The van der Waals surface area contributed by atoms with Crippen molar-refractivity contribution in [1.29, 1.82) is 0 Å². The second-order valence-corrected chi connectivity index (χ2v) is 6.36. The smallest absolute Gasteiger partial charge is 0.132 e. The number of hydrogen-bond acceptors (Lipinski definition) is 6. The second-order valence-electron chi connectivity index (χ2n) is 6.36. The highest BCUT2D eigenvalue weighted by Gasteiger charge is 2.18. The number of anilines is 1. The molecular formula is C19H28N6. The highest BCUT2D eigenvalue weighted by atomic mass is 15.3. The molecule has 25 heavy (non-hydrogen) atoms. The van der Waals surface area contributed by atoms with Crippen LogP contribution >= 0.6 is 0 Å². The Balaban J connectivity index is 1.56. The van der Waals surface area contributed by atoms with E-state index >= 15 is 0 Å². The molecule has 3 heterocycles. The average molecular weight is 340 g/mol. The van der Waals surface area contributed by atoms with E-state index in [1.807, 2.05) is 18.3 Å². The van der Waals surface area contributed by atoms with E-state index in [4.69, 9.17) is 0 Å². The third-order valence-corrected chi connectivity index (χ3v) is 4.93. The van der Waals surface area contributed by atoms with Gasteiger partial charge in [-0.25, -0.2) is 9.97 Å². The van der Waals surface area contributed by atoms with E-state index in [9.17, 15) is 0 Å². The fourth-order valence-electron chi connectivity index (χ4n) is 3.22. The summed E-state index contributed by atoms with van der Waals surface area (Å²) < 4.78 is 0. The summed E-state index contributed by atoms with van der Waals surface area (Å²) in [6, 6.07) is 6.04. The Hall–Kier alpha value is -2.05. The van der Waals surface area contributed by atoms with Crippen LogP contribution in [0.4, 0.5) is 5.82 Å². The van der Waals surface area contributed by atoms with Gasteiger partial charge in [-0.2, -0.15) is 0 Å². The summed E-state index contributed by atoms with van der Waals surface area (Å²) in [6.45, 7) is 13.3. The van der Waals surface area contributed by atoms with Gasteiger partial charge in [-0.3, -0.25) is 9.88 Å². The summed E-state index contributed by atoms with van der Waals surface area (Å²) in [5.41, 5.74) is 1.96. The van der Waals surface area contributed by atoms with Gasteiger partial charge < -0.3 is 9.80 Å².